The second-order valence-electron chi connectivity index (χ2n) is 8.24. The van der Waals surface area contributed by atoms with Crippen molar-refractivity contribution in [1.29, 1.82) is 10.5 Å². The van der Waals surface area contributed by atoms with Crippen LogP contribution in [-0.2, 0) is 0 Å². The first kappa shape index (κ1) is 21.9. The molecule has 1 aliphatic carbocycles. The van der Waals surface area contributed by atoms with Gasteiger partial charge in [0.15, 0.2) is 11.9 Å². The lowest BCUT2D eigenvalue weighted by Gasteiger charge is -2.43. The van der Waals surface area contributed by atoms with Gasteiger partial charge in [-0.2, -0.15) is 15.1 Å². The highest BCUT2D eigenvalue weighted by Gasteiger charge is 2.61. The standard InChI is InChI=1S/C24H20N6O3/c1-15-4-2-3-11-29(15)23-21(16-5-9-19(10-6-16)30(32)33)20(14-27)22(17(12-25)13-26)28-24(23,31)18-7-8-18/h2-6,9-11,18,21,23,28,31H,7-8H2,1H3/t21-,23-,24-/m0/s1. The van der Waals surface area contributed by atoms with Gasteiger partial charge >= 0.3 is 0 Å². The molecule has 3 atom stereocenters. The summed E-state index contributed by atoms with van der Waals surface area (Å²) in [5.41, 5.74) is -0.441. The number of nitriles is 2. The van der Waals surface area contributed by atoms with Gasteiger partial charge in [0.1, 0.15) is 6.07 Å². The van der Waals surface area contributed by atoms with E-state index in [1.807, 2.05) is 47.8 Å². The van der Waals surface area contributed by atoms with Gasteiger partial charge in [-0.3, -0.25) is 10.1 Å². The van der Waals surface area contributed by atoms with Gasteiger partial charge in [0.25, 0.3) is 5.69 Å². The molecule has 33 heavy (non-hydrogen) atoms. The largest absolute Gasteiger partial charge is 0.762 e. The third kappa shape index (κ3) is 3.66. The minimum absolute atomic E-state index is 0.00527. The van der Waals surface area contributed by atoms with Gasteiger partial charge in [-0.1, -0.05) is 18.2 Å². The molecular formula is C24H20N6O3. The number of aliphatic hydroxyl groups is 1. The number of nitrogens with one attached hydrogen (secondary N) is 1. The van der Waals surface area contributed by atoms with E-state index in [9.17, 15) is 31.2 Å². The van der Waals surface area contributed by atoms with E-state index in [1.54, 1.807) is 12.1 Å². The van der Waals surface area contributed by atoms with Crippen LogP contribution in [0.3, 0.4) is 0 Å². The van der Waals surface area contributed by atoms with Gasteiger partial charge in [-0.25, -0.2) is 5.87 Å². The summed E-state index contributed by atoms with van der Waals surface area (Å²) in [5.74, 6) is 0.895. The van der Waals surface area contributed by atoms with E-state index >= 15 is 0 Å². The number of nitro benzene ring substituents is 1. The van der Waals surface area contributed by atoms with Crippen LogP contribution in [0.2, 0.25) is 0 Å². The average Bonchev–Trinajstić information content (AvgIpc) is 3.66. The Hall–Kier alpha value is -4.30. The molecule has 0 radical (unpaired) electrons. The molecule has 164 valence electrons. The van der Waals surface area contributed by atoms with Crippen molar-refractivity contribution >= 4 is 11.6 Å². The fraction of sp³-hybridized carbons (Fsp3) is 0.292. The number of aromatic nitrogens is 1. The minimum atomic E-state index is -1.56. The van der Waals surface area contributed by atoms with Gasteiger partial charge in [-0.05, 0) is 18.4 Å². The number of rotatable bonds is 5. The van der Waals surface area contributed by atoms with E-state index in [2.05, 4.69) is 11.4 Å². The summed E-state index contributed by atoms with van der Waals surface area (Å²) in [6.45, 7) is 1.88. The van der Waals surface area contributed by atoms with Crippen LogP contribution in [0.25, 0.3) is 5.41 Å². The highest BCUT2D eigenvalue weighted by atomic mass is 16.6. The second kappa shape index (κ2) is 8.33. The molecule has 1 aliphatic heterocycles. The molecule has 2 aromatic rings. The Bertz CT molecular complexity index is 1290. The molecule has 0 amide bonds. The van der Waals surface area contributed by atoms with E-state index in [4.69, 9.17) is 0 Å². The maximum Gasteiger partial charge on any atom is 0.269 e. The van der Waals surface area contributed by atoms with Crippen LogP contribution in [0.1, 0.15) is 36.1 Å². The van der Waals surface area contributed by atoms with Gasteiger partial charge in [0.05, 0.1) is 33.8 Å². The first-order chi connectivity index (χ1) is 15.8. The van der Waals surface area contributed by atoms with Crippen molar-refractivity contribution in [2.24, 2.45) is 5.92 Å². The third-order valence-corrected chi connectivity index (χ3v) is 6.33. The van der Waals surface area contributed by atoms with Crippen molar-refractivity contribution in [2.45, 2.75) is 37.5 Å². The summed E-state index contributed by atoms with van der Waals surface area (Å²) in [7, 11) is 0. The Morgan fingerprint density at radius 1 is 1.27 bits per heavy atom. The first-order valence-corrected chi connectivity index (χ1v) is 10.4. The van der Waals surface area contributed by atoms with Crippen LogP contribution in [0.15, 0.2) is 65.5 Å². The molecule has 2 heterocycles. The van der Waals surface area contributed by atoms with Crippen molar-refractivity contribution in [3.8, 4) is 12.1 Å². The van der Waals surface area contributed by atoms with E-state index < -0.39 is 22.6 Å². The normalized spacial score (nSPS) is 24.1. The Labute approximate surface area is 190 Å². The van der Waals surface area contributed by atoms with Crippen molar-refractivity contribution in [3.63, 3.8) is 0 Å². The zero-order valence-electron chi connectivity index (χ0n) is 17.8. The number of aryl methyl sites for hydroxylation is 1. The van der Waals surface area contributed by atoms with Gasteiger partial charge < -0.3 is 15.8 Å². The van der Waals surface area contributed by atoms with Crippen molar-refractivity contribution in [3.05, 3.63) is 92.3 Å². The summed E-state index contributed by atoms with van der Waals surface area (Å²) in [6, 6.07) is 14.6. The van der Waals surface area contributed by atoms with Crippen molar-refractivity contribution < 1.29 is 14.6 Å². The highest BCUT2D eigenvalue weighted by molar-refractivity contribution is 5.74. The van der Waals surface area contributed by atoms with Gasteiger partial charge in [0, 0.05) is 37.1 Å². The molecule has 1 fully saturated rings. The quantitative estimate of drug-likeness (QED) is 0.240. The van der Waals surface area contributed by atoms with Gasteiger partial charge in [0.2, 0.25) is 11.8 Å². The zero-order valence-corrected chi connectivity index (χ0v) is 17.8. The maximum atomic E-state index is 12.0. The summed E-state index contributed by atoms with van der Waals surface area (Å²) in [4.78, 5) is 10.7. The van der Waals surface area contributed by atoms with Crippen LogP contribution >= 0.6 is 0 Å². The predicted octanol–water partition coefficient (Wildman–Crippen LogP) is 2.68. The van der Waals surface area contributed by atoms with Crippen LogP contribution in [-0.4, -0.2) is 21.6 Å². The van der Waals surface area contributed by atoms with Crippen molar-refractivity contribution in [1.82, 2.24) is 5.32 Å². The lowest BCUT2D eigenvalue weighted by atomic mass is 9.73. The lowest BCUT2D eigenvalue weighted by Crippen LogP contribution is -2.66. The van der Waals surface area contributed by atoms with Crippen LogP contribution in [0, 0.1) is 45.6 Å². The van der Waals surface area contributed by atoms with E-state index in [-0.39, 0.29) is 28.4 Å². The van der Waals surface area contributed by atoms with Gasteiger partial charge in [-0.15, -0.1) is 0 Å². The Balaban J connectivity index is 2.04. The maximum absolute atomic E-state index is 12.0. The summed E-state index contributed by atoms with van der Waals surface area (Å²) >= 11 is 0. The molecule has 4 rings (SSSR count). The molecule has 2 aliphatic rings. The second-order valence-corrected chi connectivity index (χ2v) is 8.24. The minimum Gasteiger partial charge on any atom is -0.762 e. The summed E-state index contributed by atoms with van der Waals surface area (Å²) < 4.78 is 1.88. The van der Waals surface area contributed by atoms with Crippen molar-refractivity contribution in [2.75, 3.05) is 0 Å². The summed E-state index contributed by atoms with van der Waals surface area (Å²) in [5, 5.41) is 55.4. The molecular weight excluding hydrogens is 420 g/mol. The Kier molecular flexibility index (Phi) is 5.53. The SMILES string of the molecule is Cc1cccc[n+]1[C@H]1[C@@H](c2ccc([N+](=O)[O-])cc2)C(C#N)=C(C(=C=[N-])C#N)N[C@]1(O)C1CC1. The monoisotopic (exact) mass is 440 g/mol. The molecule has 9 nitrogen and oxygen atoms in total. The van der Waals surface area contributed by atoms with E-state index in [1.165, 1.54) is 12.1 Å². The molecule has 0 spiro atoms. The fourth-order valence-corrected chi connectivity index (χ4v) is 4.61. The molecule has 0 bridgehead atoms. The molecule has 9 heteroatoms. The lowest BCUT2D eigenvalue weighted by molar-refractivity contribution is -0.747. The number of hydrogen-bond acceptors (Lipinski definition) is 6. The van der Waals surface area contributed by atoms with Crippen LogP contribution in [0.5, 0.6) is 0 Å². The topological polar surface area (TPSA) is 149 Å². The number of benzene rings is 1. The predicted molar refractivity (Wildman–Crippen MR) is 117 cm³/mol. The third-order valence-electron chi connectivity index (χ3n) is 6.33. The number of hydrogen-bond donors (Lipinski definition) is 2. The van der Waals surface area contributed by atoms with E-state index in [0.717, 1.165) is 18.5 Å². The van der Waals surface area contributed by atoms with Crippen LogP contribution < -0.4 is 9.88 Å². The zero-order chi connectivity index (χ0) is 23.8. The van der Waals surface area contributed by atoms with E-state index in [0.29, 0.717) is 5.56 Å². The number of nitrogens with zero attached hydrogens (tertiary/aromatic N) is 5. The summed E-state index contributed by atoms with van der Waals surface area (Å²) in [6.07, 6.45) is 3.29. The number of non-ortho nitro benzene ring substituents is 1. The molecule has 0 saturated heterocycles. The Morgan fingerprint density at radius 3 is 2.48 bits per heavy atom. The molecule has 1 aromatic heterocycles. The number of pyridine rings is 1. The highest BCUT2D eigenvalue weighted by Crippen LogP contribution is 2.52. The number of nitro groups is 1. The molecule has 1 saturated carbocycles. The number of allylic oxidation sites excluding steroid dienone is 2. The Morgan fingerprint density at radius 2 is 1.97 bits per heavy atom. The fourth-order valence-electron chi connectivity index (χ4n) is 4.61. The molecule has 0 unspecified atom stereocenters. The first-order valence-electron chi connectivity index (χ1n) is 10.4. The average molecular weight is 440 g/mol. The molecule has 1 aromatic carbocycles. The smallest absolute Gasteiger partial charge is 0.269 e. The van der Waals surface area contributed by atoms with Crippen LogP contribution in [0.4, 0.5) is 5.69 Å². The molecule has 2 N–H and O–H groups in total.